The van der Waals surface area contributed by atoms with Crippen LogP contribution in [0.3, 0.4) is 0 Å². The van der Waals surface area contributed by atoms with Gasteiger partial charge in [0.1, 0.15) is 11.8 Å². The maximum absolute atomic E-state index is 11.2. The molecule has 0 fully saturated rings. The van der Waals surface area contributed by atoms with Gasteiger partial charge in [0.25, 0.3) is 0 Å². The molecule has 80 valence electrons. The number of nitrogens with one attached hydrogen (secondary N) is 1. The number of rotatable bonds is 3. The Balaban J connectivity index is 2.47. The Kier molecular flexibility index (Phi) is 3.68. The Labute approximate surface area is 87.2 Å². The first-order valence-electron chi connectivity index (χ1n) is 4.42. The van der Waals surface area contributed by atoms with Crippen LogP contribution in [0.25, 0.3) is 0 Å². The summed E-state index contributed by atoms with van der Waals surface area (Å²) in [5.41, 5.74) is 4.97. The maximum Gasteiger partial charge on any atom is 0.413 e. The second kappa shape index (κ2) is 4.99. The van der Waals surface area contributed by atoms with Crippen molar-refractivity contribution < 1.29 is 14.3 Å². The summed E-state index contributed by atoms with van der Waals surface area (Å²) >= 11 is 0. The Hall–Kier alpha value is -2.04. The van der Waals surface area contributed by atoms with Crippen molar-refractivity contribution in [2.24, 2.45) is 5.73 Å². The average Bonchev–Trinajstić information content (AvgIpc) is 2.18. The third-order valence-corrected chi connectivity index (χ3v) is 1.71. The van der Waals surface area contributed by atoms with E-state index in [0.717, 1.165) is 0 Å². The van der Waals surface area contributed by atoms with Crippen LogP contribution in [0.4, 0.5) is 4.79 Å². The molecule has 0 bridgehead atoms. The lowest BCUT2D eigenvalue weighted by molar-refractivity contribution is -0.119. The largest absolute Gasteiger partial charge is 0.413 e. The van der Waals surface area contributed by atoms with E-state index in [1.165, 1.54) is 6.92 Å². The monoisotopic (exact) mass is 208 g/mol. The summed E-state index contributed by atoms with van der Waals surface area (Å²) in [5, 5.41) is 2.29. The van der Waals surface area contributed by atoms with Crippen LogP contribution in [0, 0.1) is 0 Å². The van der Waals surface area contributed by atoms with Gasteiger partial charge in [-0.15, -0.1) is 0 Å². The fourth-order valence-electron chi connectivity index (χ4n) is 0.873. The van der Waals surface area contributed by atoms with Crippen molar-refractivity contribution in [2.45, 2.75) is 13.0 Å². The van der Waals surface area contributed by atoms with Gasteiger partial charge in [0, 0.05) is 0 Å². The molecule has 5 nitrogen and oxygen atoms in total. The molecule has 0 spiro atoms. The van der Waals surface area contributed by atoms with E-state index in [0.29, 0.717) is 5.75 Å². The summed E-state index contributed by atoms with van der Waals surface area (Å²) in [5.74, 6) is -0.202. The minimum atomic E-state index is -0.749. The first-order chi connectivity index (χ1) is 7.09. The van der Waals surface area contributed by atoms with E-state index in [1.54, 1.807) is 30.3 Å². The predicted molar refractivity (Wildman–Crippen MR) is 54.3 cm³/mol. The highest BCUT2D eigenvalue weighted by molar-refractivity contribution is 5.84. The number of primary amides is 1. The highest BCUT2D eigenvalue weighted by Crippen LogP contribution is 2.08. The zero-order valence-corrected chi connectivity index (χ0v) is 8.27. The van der Waals surface area contributed by atoms with Crippen molar-refractivity contribution in [3.8, 4) is 5.75 Å². The van der Waals surface area contributed by atoms with E-state index < -0.39 is 18.0 Å². The van der Waals surface area contributed by atoms with E-state index in [9.17, 15) is 9.59 Å². The van der Waals surface area contributed by atoms with Crippen molar-refractivity contribution in [2.75, 3.05) is 0 Å². The molecule has 2 amide bonds. The molecular weight excluding hydrogens is 196 g/mol. The molecule has 15 heavy (non-hydrogen) atoms. The van der Waals surface area contributed by atoms with Gasteiger partial charge >= 0.3 is 6.09 Å². The minimum absolute atomic E-state index is 0.409. The molecule has 0 saturated heterocycles. The van der Waals surface area contributed by atoms with Crippen LogP contribution >= 0.6 is 0 Å². The summed E-state index contributed by atoms with van der Waals surface area (Å²) in [6.45, 7) is 1.48. The molecular formula is C10H12N2O3. The number of ether oxygens (including phenoxy) is 1. The molecule has 1 rings (SSSR count). The van der Waals surface area contributed by atoms with Gasteiger partial charge in [-0.25, -0.2) is 4.79 Å². The zero-order valence-electron chi connectivity index (χ0n) is 8.27. The summed E-state index contributed by atoms with van der Waals surface area (Å²) in [6.07, 6.45) is -0.701. The van der Waals surface area contributed by atoms with Gasteiger partial charge in [0.05, 0.1) is 0 Å². The lowest BCUT2D eigenvalue weighted by atomic mass is 10.3. The molecule has 0 heterocycles. The van der Waals surface area contributed by atoms with Crippen LogP contribution in [0.5, 0.6) is 5.75 Å². The van der Waals surface area contributed by atoms with Crippen LogP contribution in [0.15, 0.2) is 30.3 Å². The quantitative estimate of drug-likeness (QED) is 0.765. The SMILES string of the molecule is CC(NC(=O)Oc1ccccc1)C(N)=O. The highest BCUT2D eigenvalue weighted by atomic mass is 16.6. The van der Waals surface area contributed by atoms with Crippen LogP contribution in [-0.4, -0.2) is 18.0 Å². The van der Waals surface area contributed by atoms with E-state index in [2.05, 4.69) is 5.32 Å². The van der Waals surface area contributed by atoms with Crippen LogP contribution in [-0.2, 0) is 4.79 Å². The standard InChI is InChI=1S/C10H12N2O3/c1-7(9(11)13)12-10(14)15-8-5-3-2-4-6-8/h2-7H,1H3,(H2,11,13)(H,12,14). The van der Waals surface area contributed by atoms with E-state index >= 15 is 0 Å². The smallest absolute Gasteiger partial charge is 0.410 e. The molecule has 1 atom stereocenters. The van der Waals surface area contributed by atoms with Gasteiger partial charge in [-0.05, 0) is 19.1 Å². The van der Waals surface area contributed by atoms with Crippen molar-refractivity contribution >= 4 is 12.0 Å². The number of benzene rings is 1. The first-order valence-corrected chi connectivity index (χ1v) is 4.42. The first kappa shape index (κ1) is 11.0. The number of carbonyl (C=O) groups excluding carboxylic acids is 2. The fourth-order valence-corrected chi connectivity index (χ4v) is 0.873. The third-order valence-electron chi connectivity index (χ3n) is 1.71. The molecule has 1 aromatic carbocycles. The number of amides is 2. The number of nitrogens with two attached hydrogens (primary N) is 1. The number of carbonyl (C=O) groups is 2. The summed E-state index contributed by atoms with van der Waals surface area (Å²) in [6, 6.07) is 7.79. The third kappa shape index (κ3) is 3.68. The lowest BCUT2D eigenvalue weighted by Gasteiger charge is -2.09. The van der Waals surface area contributed by atoms with Gasteiger partial charge in [-0.2, -0.15) is 0 Å². The molecule has 1 unspecified atom stereocenters. The van der Waals surface area contributed by atoms with Gasteiger partial charge < -0.3 is 15.8 Å². The Morgan fingerprint density at radius 1 is 1.33 bits per heavy atom. The second-order valence-electron chi connectivity index (χ2n) is 2.97. The van der Waals surface area contributed by atoms with Crippen molar-refractivity contribution in [3.05, 3.63) is 30.3 Å². The topological polar surface area (TPSA) is 81.4 Å². The van der Waals surface area contributed by atoms with Crippen molar-refractivity contribution in [3.63, 3.8) is 0 Å². The number of hydrogen-bond donors (Lipinski definition) is 2. The molecule has 5 heteroatoms. The molecule has 0 aliphatic carbocycles. The lowest BCUT2D eigenvalue weighted by Crippen LogP contribution is -2.43. The van der Waals surface area contributed by atoms with Crippen LogP contribution in [0.1, 0.15) is 6.92 Å². The molecule has 3 N–H and O–H groups in total. The van der Waals surface area contributed by atoms with Gasteiger partial charge in [0.2, 0.25) is 5.91 Å². The van der Waals surface area contributed by atoms with Crippen molar-refractivity contribution in [1.29, 1.82) is 0 Å². The Morgan fingerprint density at radius 3 is 2.47 bits per heavy atom. The number of para-hydroxylation sites is 1. The molecule has 0 radical (unpaired) electrons. The Bertz CT molecular complexity index is 351. The summed E-state index contributed by atoms with van der Waals surface area (Å²) < 4.78 is 4.88. The second-order valence-corrected chi connectivity index (χ2v) is 2.97. The highest BCUT2D eigenvalue weighted by Gasteiger charge is 2.13. The van der Waals surface area contributed by atoms with Gasteiger partial charge in [-0.3, -0.25) is 4.79 Å². The zero-order chi connectivity index (χ0) is 11.3. The Morgan fingerprint density at radius 2 is 1.93 bits per heavy atom. The van der Waals surface area contributed by atoms with Gasteiger partial charge in [-0.1, -0.05) is 18.2 Å². The average molecular weight is 208 g/mol. The molecule has 0 saturated carbocycles. The van der Waals surface area contributed by atoms with Crippen LogP contribution in [0.2, 0.25) is 0 Å². The van der Waals surface area contributed by atoms with E-state index in [-0.39, 0.29) is 0 Å². The minimum Gasteiger partial charge on any atom is -0.410 e. The normalized spacial score (nSPS) is 11.5. The molecule has 0 aromatic heterocycles. The van der Waals surface area contributed by atoms with Crippen molar-refractivity contribution in [1.82, 2.24) is 5.32 Å². The molecule has 0 aliphatic rings. The van der Waals surface area contributed by atoms with E-state index in [4.69, 9.17) is 10.5 Å². The number of hydrogen-bond acceptors (Lipinski definition) is 3. The summed E-state index contributed by atoms with van der Waals surface area (Å²) in [7, 11) is 0. The van der Waals surface area contributed by atoms with Crippen LogP contribution < -0.4 is 15.8 Å². The predicted octanol–water partition coefficient (Wildman–Crippen LogP) is 0.649. The molecule has 1 aromatic rings. The van der Waals surface area contributed by atoms with E-state index in [1.807, 2.05) is 0 Å². The summed E-state index contributed by atoms with van der Waals surface area (Å²) in [4.78, 5) is 21.8. The molecule has 0 aliphatic heterocycles. The maximum atomic E-state index is 11.2. The fraction of sp³-hybridized carbons (Fsp3) is 0.200. The van der Waals surface area contributed by atoms with Gasteiger partial charge in [0.15, 0.2) is 0 Å².